The Kier molecular flexibility index (Phi) is 5.54. The van der Waals surface area contributed by atoms with E-state index in [0.717, 1.165) is 22.4 Å². The molecule has 0 bridgehead atoms. The van der Waals surface area contributed by atoms with Crippen molar-refractivity contribution in [2.24, 2.45) is 4.99 Å². The molecule has 29 heavy (non-hydrogen) atoms. The minimum Gasteiger partial charge on any atom is -0.457 e. The van der Waals surface area contributed by atoms with Gasteiger partial charge in [0.15, 0.2) is 5.17 Å². The number of hydrogen-bond acceptors (Lipinski definition) is 4. The van der Waals surface area contributed by atoms with E-state index in [4.69, 9.17) is 27.6 Å². The van der Waals surface area contributed by atoms with Crippen LogP contribution >= 0.6 is 35.0 Å². The minimum atomic E-state index is -0.202. The third-order valence-electron chi connectivity index (χ3n) is 4.55. The first kappa shape index (κ1) is 19.8. The number of aliphatic imine (C=N–C) groups is 1. The number of thioether (sulfide) groups is 1. The van der Waals surface area contributed by atoms with Gasteiger partial charge in [-0.3, -0.25) is 4.79 Å². The standard InChI is InChI=1S/C22H16Cl2N2O2S/c1-12-4-3-5-18(13(12)2)25-22-26-21(27)20(29-22)11-15-7-9-19(28-15)14-6-8-16(23)17(24)10-14/h3-11H,1-2H3,(H,25,26,27). The summed E-state index contributed by atoms with van der Waals surface area (Å²) in [4.78, 5) is 17.4. The molecule has 146 valence electrons. The molecular weight excluding hydrogens is 427 g/mol. The second-order valence-electron chi connectivity index (χ2n) is 6.53. The molecule has 0 saturated carbocycles. The summed E-state index contributed by atoms with van der Waals surface area (Å²) in [5, 5.41) is 4.29. The Bertz CT molecular complexity index is 1180. The number of halogens is 2. The number of benzene rings is 2. The SMILES string of the molecule is Cc1cccc(N=C2NC(=O)C(=Cc3ccc(-c4ccc(Cl)c(Cl)c4)o3)S2)c1C. The van der Waals surface area contributed by atoms with E-state index < -0.39 is 0 Å². The smallest absolute Gasteiger partial charge is 0.264 e. The van der Waals surface area contributed by atoms with Gasteiger partial charge >= 0.3 is 0 Å². The third kappa shape index (κ3) is 4.27. The van der Waals surface area contributed by atoms with E-state index in [-0.39, 0.29) is 5.91 Å². The van der Waals surface area contributed by atoms with Crippen LogP contribution in [0.5, 0.6) is 0 Å². The number of rotatable bonds is 3. The van der Waals surface area contributed by atoms with Crippen LogP contribution in [0.2, 0.25) is 10.0 Å². The van der Waals surface area contributed by atoms with Gasteiger partial charge in [0.25, 0.3) is 5.91 Å². The molecule has 1 aliphatic rings. The summed E-state index contributed by atoms with van der Waals surface area (Å²) in [5.74, 6) is 1.01. The lowest BCUT2D eigenvalue weighted by Gasteiger charge is -2.04. The molecule has 1 N–H and O–H groups in total. The van der Waals surface area contributed by atoms with Crippen molar-refractivity contribution in [1.82, 2.24) is 5.32 Å². The van der Waals surface area contributed by atoms with Crippen molar-refractivity contribution in [3.05, 3.63) is 80.4 Å². The van der Waals surface area contributed by atoms with E-state index in [9.17, 15) is 4.79 Å². The van der Waals surface area contributed by atoms with Gasteiger partial charge in [-0.25, -0.2) is 4.99 Å². The molecule has 0 spiro atoms. The summed E-state index contributed by atoms with van der Waals surface area (Å²) in [6, 6.07) is 14.8. The summed E-state index contributed by atoms with van der Waals surface area (Å²) in [5.41, 5.74) is 3.89. The molecule has 2 heterocycles. The molecule has 2 aromatic carbocycles. The predicted octanol–water partition coefficient (Wildman–Crippen LogP) is 6.76. The number of amides is 1. The van der Waals surface area contributed by atoms with Gasteiger partial charge in [0.05, 0.1) is 20.6 Å². The Hall–Kier alpha value is -2.47. The van der Waals surface area contributed by atoms with Gasteiger partial charge in [0.2, 0.25) is 0 Å². The van der Waals surface area contributed by atoms with Crippen LogP contribution in [0.1, 0.15) is 16.9 Å². The molecule has 1 aromatic heterocycles. The van der Waals surface area contributed by atoms with Crippen LogP contribution in [-0.2, 0) is 4.79 Å². The topological polar surface area (TPSA) is 54.6 Å². The van der Waals surface area contributed by atoms with E-state index in [2.05, 4.69) is 10.3 Å². The van der Waals surface area contributed by atoms with E-state index in [1.165, 1.54) is 11.8 Å². The molecule has 0 aliphatic carbocycles. The zero-order valence-corrected chi connectivity index (χ0v) is 18.0. The molecular formula is C22H16Cl2N2O2S. The first-order valence-electron chi connectivity index (χ1n) is 8.82. The van der Waals surface area contributed by atoms with Gasteiger partial charge in [-0.2, -0.15) is 0 Å². The summed E-state index contributed by atoms with van der Waals surface area (Å²) >= 11 is 13.3. The number of furan rings is 1. The van der Waals surface area contributed by atoms with E-state index in [1.54, 1.807) is 24.3 Å². The Morgan fingerprint density at radius 1 is 1.07 bits per heavy atom. The molecule has 4 rings (SSSR count). The second kappa shape index (κ2) is 8.11. The molecule has 0 unspecified atom stereocenters. The van der Waals surface area contributed by atoms with Gasteiger partial charge < -0.3 is 9.73 Å². The average molecular weight is 443 g/mol. The average Bonchev–Trinajstić information content (AvgIpc) is 3.28. The fourth-order valence-corrected chi connectivity index (χ4v) is 3.92. The number of nitrogens with zero attached hydrogens (tertiary/aromatic N) is 1. The molecule has 1 amide bonds. The minimum absolute atomic E-state index is 0.202. The van der Waals surface area contributed by atoms with Gasteiger partial charge in [0, 0.05) is 11.6 Å². The normalized spacial score (nSPS) is 16.6. The second-order valence-corrected chi connectivity index (χ2v) is 8.38. The van der Waals surface area contributed by atoms with Gasteiger partial charge in [-0.15, -0.1) is 0 Å². The summed E-state index contributed by atoms with van der Waals surface area (Å²) < 4.78 is 5.85. The maximum atomic E-state index is 12.3. The van der Waals surface area contributed by atoms with E-state index in [1.807, 2.05) is 44.2 Å². The predicted molar refractivity (Wildman–Crippen MR) is 121 cm³/mol. The van der Waals surface area contributed by atoms with Crippen molar-refractivity contribution in [2.75, 3.05) is 0 Å². The summed E-state index contributed by atoms with van der Waals surface area (Å²) in [6.07, 6.45) is 1.70. The zero-order valence-electron chi connectivity index (χ0n) is 15.6. The van der Waals surface area contributed by atoms with Crippen LogP contribution in [0.25, 0.3) is 17.4 Å². The van der Waals surface area contributed by atoms with Crippen molar-refractivity contribution in [3.8, 4) is 11.3 Å². The van der Waals surface area contributed by atoms with Crippen molar-refractivity contribution in [3.63, 3.8) is 0 Å². The lowest BCUT2D eigenvalue weighted by atomic mass is 10.1. The van der Waals surface area contributed by atoms with E-state index in [0.29, 0.717) is 31.6 Å². The maximum absolute atomic E-state index is 12.3. The fraction of sp³-hybridized carbons (Fsp3) is 0.0909. The van der Waals surface area contributed by atoms with Crippen LogP contribution in [0.3, 0.4) is 0 Å². The molecule has 7 heteroatoms. The Balaban J connectivity index is 1.57. The first-order chi connectivity index (χ1) is 13.9. The molecule has 1 fully saturated rings. The summed E-state index contributed by atoms with van der Waals surface area (Å²) in [6.45, 7) is 4.05. The highest BCUT2D eigenvalue weighted by atomic mass is 35.5. The molecule has 1 saturated heterocycles. The van der Waals surface area contributed by atoms with Crippen LogP contribution in [0.15, 0.2) is 62.8 Å². The van der Waals surface area contributed by atoms with Crippen molar-refractivity contribution in [2.45, 2.75) is 13.8 Å². The molecule has 3 aromatic rings. The van der Waals surface area contributed by atoms with Crippen LogP contribution in [-0.4, -0.2) is 11.1 Å². The third-order valence-corrected chi connectivity index (χ3v) is 6.20. The van der Waals surface area contributed by atoms with Gasteiger partial charge in [0.1, 0.15) is 11.5 Å². The number of aryl methyl sites for hydroxylation is 1. The highest BCUT2D eigenvalue weighted by Crippen LogP contribution is 2.33. The van der Waals surface area contributed by atoms with Crippen LogP contribution in [0, 0.1) is 13.8 Å². The Morgan fingerprint density at radius 2 is 1.90 bits per heavy atom. The molecule has 0 radical (unpaired) electrons. The highest BCUT2D eigenvalue weighted by molar-refractivity contribution is 8.18. The summed E-state index contributed by atoms with van der Waals surface area (Å²) in [7, 11) is 0. The maximum Gasteiger partial charge on any atom is 0.264 e. The molecule has 1 aliphatic heterocycles. The molecule has 0 atom stereocenters. The van der Waals surface area contributed by atoms with E-state index >= 15 is 0 Å². The first-order valence-corrected chi connectivity index (χ1v) is 10.4. The Morgan fingerprint density at radius 3 is 2.69 bits per heavy atom. The largest absolute Gasteiger partial charge is 0.457 e. The van der Waals surface area contributed by atoms with Gasteiger partial charge in [-0.05, 0) is 73.1 Å². The fourth-order valence-electron chi connectivity index (χ4n) is 2.81. The number of hydrogen-bond donors (Lipinski definition) is 1. The van der Waals surface area contributed by atoms with Crippen LogP contribution < -0.4 is 5.32 Å². The van der Waals surface area contributed by atoms with Crippen LogP contribution in [0.4, 0.5) is 5.69 Å². The number of amidine groups is 1. The Labute approximate surface area is 182 Å². The lowest BCUT2D eigenvalue weighted by molar-refractivity contribution is -0.115. The van der Waals surface area contributed by atoms with Gasteiger partial charge in [-0.1, -0.05) is 35.3 Å². The highest BCUT2D eigenvalue weighted by Gasteiger charge is 2.24. The quantitative estimate of drug-likeness (QED) is 0.455. The lowest BCUT2D eigenvalue weighted by Crippen LogP contribution is -2.19. The number of nitrogens with one attached hydrogen (secondary N) is 1. The number of carbonyl (C=O) groups excluding carboxylic acids is 1. The number of carbonyl (C=O) groups is 1. The monoisotopic (exact) mass is 442 g/mol. The zero-order chi connectivity index (χ0) is 20.5. The van der Waals surface area contributed by atoms with Crippen molar-refractivity contribution in [1.29, 1.82) is 0 Å². The van der Waals surface area contributed by atoms with Crippen molar-refractivity contribution >= 4 is 57.8 Å². The van der Waals surface area contributed by atoms with Crippen molar-refractivity contribution < 1.29 is 9.21 Å². The molecule has 4 nitrogen and oxygen atoms in total.